The quantitative estimate of drug-likeness (QED) is 0.779. The van der Waals surface area contributed by atoms with Crippen molar-refractivity contribution in [1.82, 2.24) is 10.2 Å². The fraction of sp³-hybridized carbons (Fsp3) is 0.923. The smallest absolute Gasteiger partial charge is 0.116 e. The van der Waals surface area contributed by atoms with Crippen LogP contribution in [-0.4, -0.2) is 49.3 Å². The molecule has 0 amide bonds. The van der Waals surface area contributed by atoms with Crippen LogP contribution in [0.3, 0.4) is 0 Å². The van der Waals surface area contributed by atoms with E-state index in [0.29, 0.717) is 12.1 Å². The Morgan fingerprint density at radius 1 is 1.47 bits per heavy atom. The zero-order chi connectivity index (χ0) is 12.3. The molecule has 1 aliphatic heterocycles. The Morgan fingerprint density at radius 2 is 2.24 bits per heavy atom. The van der Waals surface area contributed by atoms with Gasteiger partial charge >= 0.3 is 0 Å². The van der Waals surface area contributed by atoms with Gasteiger partial charge < -0.3 is 4.74 Å². The number of piperidine rings is 1. The summed E-state index contributed by atoms with van der Waals surface area (Å²) in [7, 11) is 1.78. The highest BCUT2D eigenvalue weighted by Crippen LogP contribution is 2.23. The number of nitrogens with one attached hydrogen (secondary N) is 1. The van der Waals surface area contributed by atoms with Crippen LogP contribution in [0.5, 0.6) is 0 Å². The number of hydrogen-bond acceptors (Lipinski definition) is 4. The molecule has 0 bridgehead atoms. The van der Waals surface area contributed by atoms with Crippen molar-refractivity contribution in [2.75, 3.05) is 26.7 Å². The molecule has 2 unspecified atom stereocenters. The van der Waals surface area contributed by atoms with Gasteiger partial charge in [0.05, 0.1) is 12.2 Å². The Balaban J connectivity index is 1.86. The molecule has 1 heterocycles. The SMILES string of the molecule is COC1CCCN(CC(C)(C#N)NC2CC2)C1. The summed E-state index contributed by atoms with van der Waals surface area (Å²) in [6, 6.07) is 3.01. The number of hydrogen-bond donors (Lipinski definition) is 1. The second-order valence-corrected chi connectivity index (χ2v) is 5.60. The van der Waals surface area contributed by atoms with Crippen LogP contribution in [0.25, 0.3) is 0 Å². The van der Waals surface area contributed by atoms with Gasteiger partial charge in [0.15, 0.2) is 0 Å². The third-order valence-electron chi connectivity index (χ3n) is 3.68. The first kappa shape index (κ1) is 12.8. The summed E-state index contributed by atoms with van der Waals surface area (Å²) >= 11 is 0. The lowest BCUT2D eigenvalue weighted by Crippen LogP contribution is -2.54. The van der Waals surface area contributed by atoms with Gasteiger partial charge in [0, 0.05) is 26.2 Å². The zero-order valence-corrected chi connectivity index (χ0v) is 10.9. The van der Waals surface area contributed by atoms with E-state index in [1.807, 2.05) is 6.92 Å². The standard InChI is InChI=1S/C13H23N3O/c1-13(9-14,15-11-5-6-11)10-16-7-3-4-12(8-16)17-2/h11-12,15H,3-8,10H2,1-2H3. The minimum absolute atomic E-state index is 0.340. The number of nitrogens with zero attached hydrogens (tertiary/aromatic N) is 2. The monoisotopic (exact) mass is 237 g/mol. The molecule has 17 heavy (non-hydrogen) atoms. The van der Waals surface area contributed by atoms with Crippen LogP contribution in [0.1, 0.15) is 32.6 Å². The fourth-order valence-electron chi connectivity index (χ4n) is 2.59. The van der Waals surface area contributed by atoms with Crippen LogP contribution >= 0.6 is 0 Å². The number of rotatable bonds is 5. The number of ether oxygens (including phenoxy) is 1. The lowest BCUT2D eigenvalue weighted by Gasteiger charge is -2.36. The van der Waals surface area contributed by atoms with Crippen LogP contribution in [0.4, 0.5) is 0 Å². The predicted molar refractivity (Wildman–Crippen MR) is 66.6 cm³/mol. The normalized spacial score (nSPS) is 29.6. The average molecular weight is 237 g/mol. The highest BCUT2D eigenvalue weighted by Gasteiger charge is 2.35. The van der Waals surface area contributed by atoms with E-state index >= 15 is 0 Å². The van der Waals surface area contributed by atoms with Crippen molar-refractivity contribution in [1.29, 1.82) is 5.26 Å². The molecule has 96 valence electrons. The van der Waals surface area contributed by atoms with Gasteiger partial charge in [0.25, 0.3) is 0 Å². The highest BCUT2D eigenvalue weighted by atomic mass is 16.5. The van der Waals surface area contributed by atoms with E-state index in [4.69, 9.17) is 4.74 Å². The Hall–Kier alpha value is -0.630. The first-order chi connectivity index (χ1) is 8.15. The summed E-state index contributed by atoms with van der Waals surface area (Å²) < 4.78 is 5.42. The van der Waals surface area contributed by atoms with Gasteiger partial charge in [0.2, 0.25) is 0 Å². The van der Waals surface area contributed by atoms with Gasteiger partial charge in [-0.15, -0.1) is 0 Å². The molecule has 1 saturated carbocycles. The van der Waals surface area contributed by atoms with E-state index in [1.54, 1.807) is 7.11 Å². The molecule has 0 aromatic rings. The van der Waals surface area contributed by atoms with Gasteiger partial charge in [-0.2, -0.15) is 5.26 Å². The van der Waals surface area contributed by atoms with Crippen molar-refractivity contribution in [3.05, 3.63) is 0 Å². The fourth-order valence-corrected chi connectivity index (χ4v) is 2.59. The first-order valence-corrected chi connectivity index (χ1v) is 6.59. The van der Waals surface area contributed by atoms with E-state index in [1.165, 1.54) is 19.3 Å². The van der Waals surface area contributed by atoms with Crippen molar-refractivity contribution >= 4 is 0 Å². The molecular weight excluding hydrogens is 214 g/mol. The molecule has 2 rings (SSSR count). The highest BCUT2D eigenvalue weighted by molar-refractivity contribution is 5.09. The van der Waals surface area contributed by atoms with Crippen molar-refractivity contribution in [3.63, 3.8) is 0 Å². The van der Waals surface area contributed by atoms with Crippen LogP contribution < -0.4 is 5.32 Å². The largest absolute Gasteiger partial charge is 0.380 e. The molecule has 0 aromatic heterocycles. The van der Waals surface area contributed by atoms with Crippen LogP contribution in [-0.2, 0) is 4.74 Å². The minimum Gasteiger partial charge on any atom is -0.380 e. The predicted octanol–water partition coefficient (Wildman–Crippen LogP) is 1.13. The third-order valence-corrected chi connectivity index (χ3v) is 3.68. The Labute approximate surface area is 104 Å². The summed E-state index contributed by atoms with van der Waals surface area (Å²) in [6.07, 6.45) is 5.10. The summed E-state index contributed by atoms with van der Waals surface area (Å²) in [4.78, 5) is 2.36. The van der Waals surface area contributed by atoms with Gasteiger partial charge in [-0.3, -0.25) is 10.2 Å². The zero-order valence-electron chi connectivity index (χ0n) is 10.9. The molecular formula is C13H23N3O. The number of likely N-dealkylation sites (tertiary alicyclic amines) is 1. The molecule has 4 heteroatoms. The van der Waals surface area contributed by atoms with Crippen molar-refractivity contribution in [3.8, 4) is 6.07 Å². The lowest BCUT2D eigenvalue weighted by atomic mass is 10.0. The molecule has 2 atom stereocenters. The van der Waals surface area contributed by atoms with E-state index < -0.39 is 5.54 Å². The van der Waals surface area contributed by atoms with Crippen molar-refractivity contribution < 1.29 is 4.74 Å². The van der Waals surface area contributed by atoms with E-state index in [0.717, 1.165) is 26.1 Å². The maximum Gasteiger partial charge on any atom is 0.116 e. The van der Waals surface area contributed by atoms with Gasteiger partial charge in [-0.1, -0.05) is 0 Å². The summed E-state index contributed by atoms with van der Waals surface area (Å²) in [5.74, 6) is 0. The molecule has 2 aliphatic rings. The second-order valence-electron chi connectivity index (χ2n) is 5.60. The molecule has 1 saturated heterocycles. The maximum atomic E-state index is 9.35. The average Bonchev–Trinajstić information content (AvgIpc) is 3.13. The third kappa shape index (κ3) is 3.67. The topological polar surface area (TPSA) is 48.3 Å². The Kier molecular flexibility index (Phi) is 4.03. The summed E-state index contributed by atoms with van der Waals surface area (Å²) in [5, 5.41) is 12.8. The molecule has 0 aromatic carbocycles. The van der Waals surface area contributed by atoms with Crippen molar-refractivity contribution in [2.24, 2.45) is 0 Å². The van der Waals surface area contributed by atoms with Gasteiger partial charge in [-0.25, -0.2) is 0 Å². The molecule has 4 nitrogen and oxygen atoms in total. The maximum absolute atomic E-state index is 9.35. The van der Waals surface area contributed by atoms with Crippen molar-refractivity contribution in [2.45, 2.75) is 50.3 Å². The molecule has 1 N–H and O–H groups in total. The van der Waals surface area contributed by atoms with Crippen LogP contribution in [0, 0.1) is 11.3 Å². The van der Waals surface area contributed by atoms with Gasteiger partial charge in [0.1, 0.15) is 5.54 Å². The summed E-state index contributed by atoms with van der Waals surface area (Å²) in [5.41, 5.74) is -0.406. The Bertz CT molecular complexity index is 298. The van der Waals surface area contributed by atoms with E-state index in [-0.39, 0.29) is 0 Å². The van der Waals surface area contributed by atoms with E-state index in [2.05, 4.69) is 16.3 Å². The second kappa shape index (κ2) is 5.34. The van der Waals surface area contributed by atoms with Gasteiger partial charge in [-0.05, 0) is 39.2 Å². The number of nitriles is 1. The first-order valence-electron chi connectivity index (χ1n) is 6.59. The Morgan fingerprint density at radius 3 is 2.82 bits per heavy atom. The minimum atomic E-state index is -0.406. The molecule has 0 radical (unpaired) electrons. The molecule has 2 fully saturated rings. The molecule has 0 spiro atoms. The van der Waals surface area contributed by atoms with Crippen LogP contribution in [0.15, 0.2) is 0 Å². The number of methoxy groups -OCH3 is 1. The van der Waals surface area contributed by atoms with E-state index in [9.17, 15) is 5.26 Å². The van der Waals surface area contributed by atoms with Crippen LogP contribution in [0.2, 0.25) is 0 Å². The lowest BCUT2D eigenvalue weighted by molar-refractivity contribution is 0.0253. The summed E-state index contributed by atoms with van der Waals surface area (Å²) in [6.45, 7) is 4.87. The molecule has 1 aliphatic carbocycles.